The second-order valence-corrected chi connectivity index (χ2v) is 7.00. The number of rotatable bonds is 3. The highest BCUT2D eigenvalue weighted by atomic mass is 32.2. The van der Waals surface area contributed by atoms with Gasteiger partial charge in [0.2, 0.25) is 10.0 Å². The van der Waals surface area contributed by atoms with Gasteiger partial charge in [0.25, 0.3) is 0 Å². The molecule has 1 saturated carbocycles. The van der Waals surface area contributed by atoms with Crippen LogP contribution in [0.4, 0.5) is 0 Å². The average molecular weight is 264 g/mol. The van der Waals surface area contributed by atoms with E-state index in [-0.39, 0.29) is 5.54 Å². The highest BCUT2D eigenvalue weighted by molar-refractivity contribution is 7.89. The summed E-state index contributed by atoms with van der Waals surface area (Å²) in [7, 11) is -1.45. The van der Waals surface area contributed by atoms with Crippen molar-refractivity contribution in [2.24, 2.45) is 7.05 Å². The van der Waals surface area contributed by atoms with E-state index in [1.54, 1.807) is 12.1 Å². The molecule has 4 nitrogen and oxygen atoms in total. The van der Waals surface area contributed by atoms with E-state index in [4.69, 9.17) is 0 Å². The number of nitrogens with one attached hydrogen (secondary N) is 1. The van der Waals surface area contributed by atoms with E-state index in [1.165, 1.54) is 0 Å². The van der Waals surface area contributed by atoms with E-state index < -0.39 is 10.0 Å². The van der Waals surface area contributed by atoms with Crippen molar-refractivity contribution in [2.45, 2.75) is 30.2 Å². The molecule has 1 aromatic carbocycles. The minimum atomic E-state index is -3.40. The summed E-state index contributed by atoms with van der Waals surface area (Å²) in [6.07, 6.45) is 3.76. The van der Waals surface area contributed by atoms with Crippen LogP contribution in [-0.2, 0) is 17.1 Å². The number of aromatic nitrogens is 1. The Bertz CT molecular complexity index is 712. The summed E-state index contributed by atoms with van der Waals surface area (Å²) in [5.41, 5.74) is 0.802. The monoisotopic (exact) mass is 264 g/mol. The summed E-state index contributed by atoms with van der Waals surface area (Å²) in [6.45, 7) is 1.94. The fourth-order valence-corrected chi connectivity index (χ4v) is 3.60. The summed E-state index contributed by atoms with van der Waals surface area (Å²) in [5, 5.41) is 0.946. The van der Waals surface area contributed by atoms with Crippen molar-refractivity contribution in [1.82, 2.24) is 9.29 Å². The number of sulfonamides is 1. The lowest BCUT2D eigenvalue weighted by Crippen LogP contribution is -2.34. The molecule has 5 heteroatoms. The van der Waals surface area contributed by atoms with Crippen molar-refractivity contribution in [3.8, 4) is 0 Å². The molecule has 2 aromatic rings. The van der Waals surface area contributed by atoms with Gasteiger partial charge < -0.3 is 4.57 Å². The van der Waals surface area contributed by atoms with E-state index in [2.05, 4.69) is 4.72 Å². The van der Waals surface area contributed by atoms with Crippen LogP contribution in [0.1, 0.15) is 19.8 Å². The zero-order valence-corrected chi connectivity index (χ0v) is 11.3. The van der Waals surface area contributed by atoms with Gasteiger partial charge >= 0.3 is 0 Å². The zero-order chi connectivity index (χ0) is 13.0. The Morgan fingerprint density at radius 2 is 2.00 bits per heavy atom. The number of fused-ring (bicyclic) bond motifs is 1. The molecule has 0 atom stereocenters. The van der Waals surface area contributed by atoms with Crippen molar-refractivity contribution in [2.75, 3.05) is 0 Å². The highest BCUT2D eigenvalue weighted by Gasteiger charge is 2.41. The van der Waals surface area contributed by atoms with Gasteiger partial charge in [-0.05, 0) is 44.0 Å². The molecule has 1 aromatic heterocycles. The summed E-state index contributed by atoms with van der Waals surface area (Å²) in [6, 6.07) is 7.16. The Morgan fingerprint density at radius 3 is 2.67 bits per heavy atom. The largest absolute Gasteiger partial charge is 0.351 e. The van der Waals surface area contributed by atoms with Gasteiger partial charge in [-0.1, -0.05) is 0 Å². The third-order valence-corrected chi connectivity index (χ3v) is 5.18. The molecule has 0 amide bonds. The Morgan fingerprint density at radius 1 is 1.28 bits per heavy atom. The molecule has 0 bridgehead atoms. The van der Waals surface area contributed by atoms with Gasteiger partial charge in [0.15, 0.2) is 0 Å². The molecule has 1 N–H and O–H groups in total. The van der Waals surface area contributed by atoms with Crippen molar-refractivity contribution in [3.63, 3.8) is 0 Å². The molecule has 0 spiro atoms. The van der Waals surface area contributed by atoms with Gasteiger partial charge in [-0.2, -0.15) is 0 Å². The van der Waals surface area contributed by atoms with Crippen LogP contribution in [0, 0.1) is 0 Å². The van der Waals surface area contributed by atoms with Crippen LogP contribution >= 0.6 is 0 Å². The van der Waals surface area contributed by atoms with Crippen molar-refractivity contribution >= 4 is 20.9 Å². The lowest BCUT2D eigenvalue weighted by Gasteiger charge is -2.12. The number of benzene rings is 1. The molecule has 0 unspecified atom stereocenters. The minimum Gasteiger partial charge on any atom is -0.351 e. The number of aryl methyl sites for hydroxylation is 1. The average Bonchev–Trinajstić information content (AvgIpc) is 2.89. The first-order valence-electron chi connectivity index (χ1n) is 5.99. The Kier molecular flexibility index (Phi) is 2.34. The first kappa shape index (κ1) is 11.7. The molecule has 0 aliphatic heterocycles. The molecule has 1 heterocycles. The third kappa shape index (κ3) is 1.93. The predicted molar refractivity (Wildman–Crippen MR) is 70.9 cm³/mol. The van der Waals surface area contributed by atoms with Gasteiger partial charge in [-0.25, -0.2) is 13.1 Å². The SMILES string of the molecule is Cn1ccc2cc(S(=O)(=O)NC3(C)CC3)ccc21. The topological polar surface area (TPSA) is 51.1 Å². The minimum absolute atomic E-state index is 0.232. The van der Waals surface area contributed by atoms with Crippen molar-refractivity contribution < 1.29 is 8.42 Å². The normalized spacial score (nSPS) is 18.1. The molecular weight excluding hydrogens is 248 g/mol. The van der Waals surface area contributed by atoms with Gasteiger partial charge in [0, 0.05) is 29.7 Å². The van der Waals surface area contributed by atoms with Gasteiger partial charge in [-0.3, -0.25) is 0 Å². The first-order valence-corrected chi connectivity index (χ1v) is 7.47. The van der Waals surface area contributed by atoms with Crippen LogP contribution < -0.4 is 4.72 Å². The molecule has 1 fully saturated rings. The fourth-order valence-electron chi connectivity index (χ4n) is 2.10. The van der Waals surface area contributed by atoms with Crippen molar-refractivity contribution in [1.29, 1.82) is 0 Å². The zero-order valence-electron chi connectivity index (χ0n) is 10.5. The summed E-state index contributed by atoms with van der Waals surface area (Å²) < 4.78 is 29.2. The number of hydrogen-bond acceptors (Lipinski definition) is 2. The molecule has 1 aliphatic carbocycles. The van der Waals surface area contributed by atoms with Gasteiger partial charge in [0.1, 0.15) is 0 Å². The van der Waals surface area contributed by atoms with Crippen LogP contribution in [0.5, 0.6) is 0 Å². The van der Waals surface area contributed by atoms with E-state index >= 15 is 0 Å². The smallest absolute Gasteiger partial charge is 0.241 e. The first-order chi connectivity index (χ1) is 8.40. The standard InChI is InChI=1S/C13H16N2O2S/c1-13(6-7-13)14-18(16,17)11-3-4-12-10(9-11)5-8-15(12)2/h3-5,8-9,14H,6-7H2,1-2H3. The van der Waals surface area contributed by atoms with Gasteiger partial charge in [-0.15, -0.1) is 0 Å². The quantitative estimate of drug-likeness (QED) is 0.922. The molecule has 3 rings (SSSR count). The number of nitrogens with zero attached hydrogens (tertiary/aromatic N) is 1. The summed E-state index contributed by atoms with van der Waals surface area (Å²) in [5.74, 6) is 0. The molecule has 18 heavy (non-hydrogen) atoms. The van der Waals surface area contributed by atoms with Gasteiger partial charge in [0.05, 0.1) is 4.90 Å². The van der Waals surface area contributed by atoms with E-state index in [9.17, 15) is 8.42 Å². The maximum Gasteiger partial charge on any atom is 0.241 e. The fraction of sp³-hybridized carbons (Fsp3) is 0.385. The lowest BCUT2D eigenvalue weighted by atomic mass is 10.2. The van der Waals surface area contributed by atoms with Crippen LogP contribution in [0.3, 0.4) is 0 Å². The van der Waals surface area contributed by atoms with Crippen LogP contribution in [0.25, 0.3) is 10.9 Å². The molecular formula is C13H16N2O2S. The molecule has 96 valence electrons. The molecule has 0 saturated heterocycles. The number of hydrogen-bond donors (Lipinski definition) is 1. The molecule has 0 radical (unpaired) electrons. The van der Waals surface area contributed by atoms with E-state index in [0.29, 0.717) is 4.90 Å². The maximum atomic E-state index is 12.2. The second-order valence-electron chi connectivity index (χ2n) is 5.31. The Balaban J connectivity index is 2.03. The summed E-state index contributed by atoms with van der Waals surface area (Å²) >= 11 is 0. The van der Waals surface area contributed by atoms with E-state index in [0.717, 1.165) is 23.7 Å². The van der Waals surface area contributed by atoms with E-state index in [1.807, 2.05) is 36.9 Å². The van der Waals surface area contributed by atoms with Crippen LogP contribution in [-0.4, -0.2) is 18.5 Å². The Labute approximate surface area is 107 Å². The summed E-state index contributed by atoms with van der Waals surface area (Å²) in [4.78, 5) is 0.342. The highest BCUT2D eigenvalue weighted by Crippen LogP contribution is 2.36. The third-order valence-electron chi connectivity index (χ3n) is 3.55. The van der Waals surface area contributed by atoms with Crippen LogP contribution in [0.2, 0.25) is 0 Å². The lowest BCUT2D eigenvalue weighted by molar-refractivity contribution is 0.558. The predicted octanol–water partition coefficient (Wildman–Crippen LogP) is 2.01. The Hall–Kier alpha value is -1.33. The van der Waals surface area contributed by atoms with Crippen LogP contribution in [0.15, 0.2) is 35.4 Å². The second kappa shape index (κ2) is 3.59. The maximum absolute atomic E-state index is 12.2. The molecule has 1 aliphatic rings. The van der Waals surface area contributed by atoms with Crippen molar-refractivity contribution in [3.05, 3.63) is 30.5 Å².